The lowest BCUT2D eigenvalue weighted by Crippen LogP contribution is -2.38. The third kappa shape index (κ3) is 4.32. The Hall–Kier alpha value is -1.88. The smallest absolute Gasteiger partial charge is 0.323 e. The molecule has 1 aliphatic rings. The Labute approximate surface area is 137 Å². The van der Waals surface area contributed by atoms with Gasteiger partial charge in [0, 0.05) is 6.04 Å². The molecule has 1 fully saturated rings. The molecule has 3 atom stereocenters. The standard InChI is InChI=1S/C18H25NO4/c1-11-6-8-12(9-7-11)15-13(16(20)22-5)10-14(19-15)17(21)23-18(2,3)4/h6-9,13-15,19H,10H2,1-5H3/t13-,14-,15-/m0/s1. The molecule has 1 heterocycles. The third-order valence-electron chi connectivity index (χ3n) is 3.90. The van der Waals surface area contributed by atoms with Crippen molar-refractivity contribution in [1.82, 2.24) is 5.32 Å². The van der Waals surface area contributed by atoms with Crippen LogP contribution in [0.1, 0.15) is 44.4 Å². The molecule has 1 N–H and O–H groups in total. The second-order valence-electron chi connectivity index (χ2n) is 7.01. The van der Waals surface area contributed by atoms with Crippen LogP contribution in [0.2, 0.25) is 0 Å². The van der Waals surface area contributed by atoms with Crippen LogP contribution in [-0.2, 0) is 19.1 Å². The normalized spacial score (nSPS) is 24.3. The largest absolute Gasteiger partial charge is 0.469 e. The number of carbonyl (C=O) groups excluding carboxylic acids is 2. The van der Waals surface area contributed by atoms with Crippen LogP contribution in [0.3, 0.4) is 0 Å². The van der Waals surface area contributed by atoms with E-state index in [-0.39, 0.29) is 18.0 Å². The van der Waals surface area contributed by atoms with Gasteiger partial charge in [-0.25, -0.2) is 0 Å². The minimum Gasteiger partial charge on any atom is -0.469 e. The second kappa shape index (κ2) is 6.71. The number of hydrogen-bond acceptors (Lipinski definition) is 5. The fourth-order valence-corrected chi connectivity index (χ4v) is 2.81. The van der Waals surface area contributed by atoms with E-state index in [2.05, 4.69) is 5.32 Å². The predicted molar refractivity (Wildman–Crippen MR) is 86.8 cm³/mol. The molecule has 1 saturated heterocycles. The molecule has 0 radical (unpaired) electrons. The second-order valence-corrected chi connectivity index (χ2v) is 7.01. The Kier molecular flexibility index (Phi) is 5.09. The van der Waals surface area contributed by atoms with Gasteiger partial charge in [0.15, 0.2) is 0 Å². The average molecular weight is 319 g/mol. The van der Waals surface area contributed by atoms with Gasteiger partial charge in [0.2, 0.25) is 0 Å². The third-order valence-corrected chi connectivity index (χ3v) is 3.90. The summed E-state index contributed by atoms with van der Waals surface area (Å²) in [5, 5.41) is 3.24. The topological polar surface area (TPSA) is 64.6 Å². The van der Waals surface area contributed by atoms with Gasteiger partial charge < -0.3 is 9.47 Å². The van der Waals surface area contributed by atoms with Gasteiger partial charge in [-0.3, -0.25) is 14.9 Å². The molecule has 0 unspecified atom stereocenters. The number of hydrogen-bond donors (Lipinski definition) is 1. The van der Waals surface area contributed by atoms with E-state index in [0.717, 1.165) is 11.1 Å². The van der Waals surface area contributed by atoms with Crippen molar-refractivity contribution >= 4 is 11.9 Å². The zero-order valence-electron chi connectivity index (χ0n) is 14.4. The van der Waals surface area contributed by atoms with Crippen LogP contribution in [0.5, 0.6) is 0 Å². The van der Waals surface area contributed by atoms with E-state index in [1.54, 1.807) is 0 Å². The van der Waals surface area contributed by atoms with Crippen LogP contribution in [0.4, 0.5) is 0 Å². The van der Waals surface area contributed by atoms with E-state index in [1.165, 1.54) is 7.11 Å². The van der Waals surface area contributed by atoms with Crippen LogP contribution in [-0.4, -0.2) is 30.7 Å². The Morgan fingerprint density at radius 2 is 1.74 bits per heavy atom. The molecule has 0 aliphatic carbocycles. The zero-order chi connectivity index (χ0) is 17.2. The molecule has 0 amide bonds. The summed E-state index contributed by atoms with van der Waals surface area (Å²) in [4.78, 5) is 24.4. The van der Waals surface area contributed by atoms with Crippen LogP contribution < -0.4 is 5.32 Å². The summed E-state index contributed by atoms with van der Waals surface area (Å²) < 4.78 is 10.3. The average Bonchev–Trinajstić information content (AvgIpc) is 2.91. The first kappa shape index (κ1) is 17.5. The first-order chi connectivity index (χ1) is 10.7. The molecule has 23 heavy (non-hydrogen) atoms. The van der Waals surface area contributed by atoms with Crippen molar-refractivity contribution in [2.45, 2.75) is 51.8 Å². The molecule has 5 nitrogen and oxygen atoms in total. The summed E-state index contributed by atoms with van der Waals surface area (Å²) in [7, 11) is 1.37. The molecule has 0 bridgehead atoms. The highest BCUT2D eigenvalue weighted by Gasteiger charge is 2.43. The summed E-state index contributed by atoms with van der Waals surface area (Å²) in [5.41, 5.74) is 1.56. The van der Waals surface area contributed by atoms with Crippen molar-refractivity contribution < 1.29 is 19.1 Å². The van der Waals surface area contributed by atoms with Gasteiger partial charge in [0.1, 0.15) is 11.6 Å². The Morgan fingerprint density at radius 3 is 2.26 bits per heavy atom. The first-order valence-electron chi connectivity index (χ1n) is 7.84. The highest BCUT2D eigenvalue weighted by atomic mass is 16.6. The molecule has 0 aromatic heterocycles. The number of carbonyl (C=O) groups is 2. The molecule has 2 rings (SSSR count). The number of aryl methyl sites for hydroxylation is 1. The van der Waals surface area contributed by atoms with Crippen LogP contribution in [0.25, 0.3) is 0 Å². The molecular weight excluding hydrogens is 294 g/mol. The number of methoxy groups -OCH3 is 1. The highest BCUT2D eigenvalue weighted by molar-refractivity contribution is 5.81. The summed E-state index contributed by atoms with van der Waals surface area (Å²) in [6.07, 6.45) is 0.375. The van der Waals surface area contributed by atoms with Gasteiger partial charge in [0.05, 0.1) is 13.0 Å². The molecule has 5 heteroatoms. The molecule has 126 valence electrons. The lowest BCUT2D eigenvalue weighted by atomic mass is 9.93. The predicted octanol–water partition coefficient (Wildman–Crippen LogP) is 2.53. The number of rotatable bonds is 3. The van der Waals surface area contributed by atoms with Crippen LogP contribution in [0.15, 0.2) is 24.3 Å². The summed E-state index contributed by atoms with van der Waals surface area (Å²) >= 11 is 0. The number of nitrogens with one attached hydrogen (secondary N) is 1. The van der Waals surface area contributed by atoms with Crippen LogP contribution in [0, 0.1) is 12.8 Å². The van der Waals surface area contributed by atoms with E-state index >= 15 is 0 Å². The lowest BCUT2D eigenvalue weighted by molar-refractivity contribution is -0.157. The molecule has 1 aliphatic heterocycles. The quantitative estimate of drug-likeness (QED) is 0.867. The first-order valence-corrected chi connectivity index (χ1v) is 7.84. The van der Waals surface area contributed by atoms with Gasteiger partial charge in [-0.05, 0) is 39.7 Å². The van der Waals surface area contributed by atoms with E-state index in [0.29, 0.717) is 6.42 Å². The van der Waals surface area contributed by atoms with Gasteiger partial charge in [-0.1, -0.05) is 29.8 Å². The monoisotopic (exact) mass is 319 g/mol. The van der Waals surface area contributed by atoms with E-state index in [4.69, 9.17) is 9.47 Å². The summed E-state index contributed by atoms with van der Waals surface area (Å²) in [6, 6.07) is 7.17. The van der Waals surface area contributed by atoms with E-state index in [9.17, 15) is 9.59 Å². The zero-order valence-corrected chi connectivity index (χ0v) is 14.4. The van der Waals surface area contributed by atoms with Gasteiger partial charge >= 0.3 is 11.9 Å². The van der Waals surface area contributed by atoms with E-state index < -0.39 is 17.6 Å². The minimum absolute atomic E-state index is 0.249. The summed E-state index contributed by atoms with van der Waals surface area (Å²) in [5.74, 6) is -1.05. The van der Waals surface area contributed by atoms with Gasteiger partial charge in [-0.15, -0.1) is 0 Å². The fourth-order valence-electron chi connectivity index (χ4n) is 2.81. The van der Waals surface area contributed by atoms with Crippen molar-refractivity contribution in [2.75, 3.05) is 7.11 Å². The van der Waals surface area contributed by atoms with Crippen molar-refractivity contribution in [2.24, 2.45) is 5.92 Å². The van der Waals surface area contributed by atoms with Gasteiger partial charge in [0.25, 0.3) is 0 Å². The summed E-state index contributed by atoms with van der Waals surface area (Å²) in [6.45, 7) is 7.49. The van der Waals surface area contributed by atoms with Gasteiger partial charge in [-0.2, -0.15) is 0 Å². The molecule has 0 spiro atoms. The van der Waals surface area contributed by atoms with E-state index in [1.807, 2.05) is 52.0 Å². The maximum Gasteiger partial charge on any atom is 0.323 e. The lowest BCUT2D eigenvalue weighted by Gasteiger charge is -2.22. The highest BCUT2D eigenvalue weighted by Crippen LogP contribution is 2.34. The Bertz CT molecular complexity index is 574. The SMILES string of the molecule is COC(=O)[C@H]1C[C@@H](C(=O)OC(C)(C)C)N[C@H]1c1ccc(C)cc1. The fraction of sp³-hybridized carbons (Fsp3) is 0.556. The number of benzene rings is 1. The molecule has 1 aromatic rings. The van der Waals surface area contributed by atoms with Crippen molar-refractivity contribution in [3.05, 3.63) is 35.4 Å². The van der Waals surface area contributed by atoms with Crippen LogP contribution >= 0.6 is 0 Å². The Balaban J connectivity index is 2.20. The van der Waals surface area contributed by atoms with Crippen molar-refractivity contribution in [1.29, 1.82) is 0 Å². The maximum absolute atomic E-state index is 12.3. The minimum atomic E-state index is -0.554. The molecule has 0 saturated carbocycles. The maximum atomic E-state index is 12.3. The molecular formula is C18H25NO4. The van der Waals surface area contributed by atoms with Crippen molar-refractivity contribution in [3.63, 3.8) is 0 Å². The van der Waals surface area contributed by atoms with Crippen molar-refractivity contribution in [3.8, 4) is 0 Å². The Morgan fingerprint density at radius 1 is 1.13 bits per heavy atom. The number of ether oxygens (including phenoxy) is 2. The molecule has 1 aromatic carbocycles. The number of esters is 2.